The number of nitrogens with one attached hydrogen (secondary N) is 2. The fourth-order valence-electron chi connectivity index (χ4n) is 3.94. The van der Waals surface area contributed by atoms with Gasteiger partial charge in [0.2, 0.25) is 11.8 Å². The topological polar surface area (TPSA) is 78.5 Å². The molecule has 3 amide bonds. The molecule has 0 bridgehead atoms. The number of carbonyl (C=O) groups excluding carboxylic acids is 3. The fourth-order valence-corrected chi connectivity index (χ4v) is 3.94. The molecular formula is C21H29N3O3. The highest BCUT2D eigenvalue weighted by atomic mass is 16.2. The normalized spacial score (nSPS) is 20.7. The number of likely N-dealkylation sites (tertiary alicyclic amines) is 1. The highest BCUT2D eigenvalue weighted by Gasteiger charge is 2.29. The van der Waals surface area contributed by atoms with Crippen LogP contribution in [-0.4, -0.2) is 48.3 Å². The zero-order chi connectivity index (χ0) is 19.1. The van der Waals surface area contributed by atoms with Crippen LogP contribution in [0.15, 0.2) is 30.3 Å². The summed E-state index contributed by atoms with van der Waals surface area (Å²) < 4.78 is 0. The Bertz CT molecular complexity index is 656. The number of carbonyl (C=O) groups is 3. The molecular weight excluding hydrogens is 342 g/mol. The average molecular weight is 371 g/mol. The van der Waals surface area contributed by atoms with Crippen molar-refractivity contribution in [3.63, 3.8) is 0 Å². The van der Waals surface area contributed by atoms with E-state index in [1.54, 1.807) is 29.2 Å². The molecule has 0 aromatic heterocycles. The summed E-state index contributed by atoms with van der Waals surface area (Å²) in [5, 5.41) is 5.85. The van der Waals surface area contributed by atoms with E-state index in [0.717, 1.165) is 25.7 Å². The zero-order valence-corrected chi connectivity index (χ0v) is 15.8. The van der Waals surface area contributed by atoms with Gasteiger partial charge in [-0.1, -0.05) is 37.5 Å². The Labute approximate surface area is 160 Å². The summed E-state index contributed by atoms with van der Waals surface area (Å²) in [5.41, 5.74) is 0.536. The van der Waals surface area contributed by atoms with Gasteiger partial charge in [0.15, 0.2) is 0 Å². The third-order valence-electron chi connectivity index (χ3n) is 5.53. The minimum absolute atomic E-state index is 0.0370. The number of amides is 3. The van der Waals surface area contributed by atoms with Crippen molar-refractivity contribution in [3.05, 3.63) is 35.9 Å². The molecule has 1 aliphatic carbocycles. The van der Waals surface area contributed by atoms with Crippen molar-refractivity contribution >= 4 is 17.7 Å². The van der Waals surface area contributed by atoms with E-state index < -0.39 is 0 Å². The minimum Gasteiger partial charge on any atom is -0.353 e. The van der Waals surface area contributed by atoms with Crippen LogP contribution >= 0.6 is 0 Å². The van der Waals surface area contributed by atoms with Crippen molar-refractivity contribution in [1.29, 1.82) is 0 Å². The van der Waals surface area contributed by atoms with Crippen molar-refractivity contribution in [2.75, 3.05) is 19.6 Å². The lowest BCUT2D eigenvalue weighted by Crippen LogP contribution is -2.49. The molecule has 1 aliphatic heterocycles. The third kappa shape index (κ3) is 5.55. The van der Waals surface area contributed by atoms with Gasteiger partial charge in [-0.05, 0) is 37.8 Å². The first kappa shape index (κ1) is 19.4. The smallest absolute Gasteiger partial charge is 0.251 e. The van der Waals surface area contributed by atoms with Gasteiger partial charge in [0, 0.05) is 24.7 Å². The first-order chi connectivity index (χ1) is 13.1. The largest absolute Gasteiger partial charge is 0.353 e. The molecule has 6 nitrogen and oxygen atoms in total. The molecule has 2 fully saturated rings. The molecule has 1 saturated carbocycles. The molecule has 2 N–H and O–H groups in total. The SMILES string of the molecule is O=C(NCC(=O)N1CCC[C@H](C(=O)NC2CCCCC2)C1)c1ccccc1. The monoisotopic (exact) mass is 371 g/mol. The number of piperidine rings is 1. The molecule has 1 aromatic rings. The van der Waals surface area contributed by atoms with E-state index in [2.05, 4.69) is 10.6 Å². The Balaban J connectivity index is 1.46. The maximum Gasteiger partial charge on any atom is 0.251 e. The quantitative estimate of drug-likeness (QED) is 0.832. The maximum atomic E-state index is 12.6. The van der Waals surface area contributed by atoms with Crippen molar-refractivity contribution in [3.8, 4) is 0 Å². The van der Waals surface area contributed by atoms with Crippen LogP contribution in [-0.2, 0) is 9.59 Å². The van der Waals surface area contributed by atoms with Gasteiger partial charge in [0.25, 0.3) is 5.91 Å². The van der Waals surface area contributed by atoms with Crippen molar-refractivity contribution in [2.24, 2.45) is 5.92 Å². The Kier molecular flexibility index (Phi) is 6.85. The predicted molar refractivity (Wildman–Crippen MR) is 103 cm³/mol. The predicted octanol–water partition coefficient (Wildman–Crippen LogP) is 2.10. The summed E-state index contributed by atoms with van der Waals surface area (Å²) in [4.78, 5) is 38.8. The fraction of sp³-hybridized carbons (Fsp3) is 0.571. The molecule has 0 spiro atoms. The second kappa shape index (κ2) is 9.53. The summed E-state index contributed by atoms with van der Waals surface area (Å²) >= 11 is 0. The lowest BCUT2D eigenvalue weighted by molar-refractivity contribution is -0.135. The van der Waals surface area contributed by atoms with Crippen molar-refractivity contribution in [2.45, 2.75) is 51.0 Å². The summed E-state index contributed by atoms with van der Waals surface area (Å²) in [6.45, 7) is 1.05. The van der Waals surface area contributed by atoms with Crippen LogP contribution in [0.4, 0.5) is 0 Å². The number of benzene rings is 1. The van der Waals surface area contributed by atoms with Crippen molar-refractivity contribution in [1.82, 2.24) is 15.5 Å². The average Bonchev–Trinajstić information content (AvgIpc) is 2.73. The van der Waals surface area contributed by atoms with E-state index in [1.807, 2.05) is 6.07 Å². The van der Waals surface area contributed by atoms with E-state index >= 15 is 0 Å². The summed E-state index contributed by atoms with van der Waals surface area (Å²) in [5.74, 6) is -0.454. The van der Waals surface area contributed by atoms with Gasteiger partial charge in [-0.2, -0.15) is 0 Å². The molecule has 27 heavy (non-hydrogen) atoms. The zero-order valence-electron chi connectivity index (χ0n) is 15.8. The summed E-state index contributed by atoms with van der Waals surface area (Å²) in [6.07, 6.45) is 7.38. The summed E-state index contributed by atoms with van der Waals surface area (Å²) in [6, 6.07) is 9.14. The molecule has 1 saturated heterocycles. The minimum atomic E-state index is -0.257. The lowest BCUT2D eigenvalue weighted by atomic mass is 9.93. The first-order valence-corrected chi connectivity index (χ1v) is 10.0. The molecule has 6 heteroatoms. The molecule has 0 radical (unpaired) electrons. The molecule has 2 aliphatic rings. The standard InChI is InChI=1S/C21H29N3O3/c25-19(14-22-20(26)16-8-3-1-4-9-16)24-13-7-10-17(15-24)21(27)23-18-11-5-2-6-12-18/h1,3-4,8-9,17-18H,2,5-7,10-15H2,(H,22,26)(H,23,27)/t17-/m0/s1. The highest BCUT2D eigenvalue weighted by molar-refractivity contribution is 5.96. The Hall–Kier alpha value is -2.37. The number of hydrogen-bond acceptors (Lipinski definition) is 3. The molecule has 146 valence electrons. The second-order valence-electron chi connectivity index (χ2n) is 7.57. The van der Waals surface area contributed by atoms with E-state index in [1.165, 1.54) is 19.3 Å². The van der Waals surface area contributed by atoms with Gasteiger partial charge < -0.3 is 15.5 Å². The number of nitrogens with zero attached hydrogens (tertiary/aromatic N) is 1. The van der Waals surface area contributed by atoms with Gasteiger partial charge in [-0.25, -0.2) is 0 Å². The van der Waals surface area contributed by atoms with Crippen LogP contribution in [0.1, 0.15) is 55.3 Å². The lowest BCUT2D eigenvalue weighted by Gasteiger charge is -2.33. The van der Waals surface area contributed by atoms with E-state index in [0.29, 0.717) is 24.7 Å². The van der Waals surface area contributed by atoms with Gasteiger partial charge in [-0.3, -0.25) is 14.4 Å². The number of hydrogen-bond donors (Lipinski definition) is 2. The molecule has 3 rings (SSSR count). The van der Waals surface area contributed by atoms with E-state index in [4.69, 9.17) is 0 Å². The second-order valence-corrected chi connectivity index (χ2v) is 7.57. The Morgan fingerprint density at radius 3 is 2.44 bits per heavy atom. The summed E-state index contributed by atoms with van der Waals surface area (Å²) in [7, 11) is 0. The van der Waals surface area contributed by atoms with Gasteiger partial charge in [0.1, 0.15) is 0 Å². The van der Waals surface area contributed by atoms with Crippen LogP contribution in [0.2, 0.25) is 0 Å². The van der Waals surface area contributed by atoms with E-state index in [9.17, 15) is 14.4 Å². The van der Waals surface area contributed by atoms with Crippen LogP contribution in [0.25, 0.3) is 0 Å². The molecule has 0 unspecified atom stereocenters. The van der Waals surface area contributed by atoms with Gasteiger partial charge in [0.05, 0.1) is 12.5 Å². The van der Waals surface area contributed by atoms with Crippen molar-refractivity contribution < 1.29 is 14.4 Å². The van der Waals surface area contributed by atoms with Crippen LogP contribution in [0.3, 0.4) is 0 Å². The third-order valence-corrected chi connectivity index (χ3v) is 5.53. The van der Waals surface area contributed by atoms with Crippen LogP contribution < -0.4 is 10.6 Å². The molecule has 1 aromatic carbocycles. The van der Waals surface area contributed by atoms with Crippen LogP contribution in [0.5, 0.6) is 0 Å². The number of rotatable bonds is 5. The Morgan fingerprint density at radius 2 is 1.70 bits per heavy atom. The maximum absolute atomic E-state index is 12.6. The van der Waals surface area contributed by atoms with E-state index in [-0.39, 0.29) is 30.2 Å². The Morgan fingerprint density at radius 1 is 0.963 bits per heavy atom. The first-order valence-electron chi connectivity index (χ1n) is 10.0. The molecule has 1 heterocycles. The molecule has 1 atom stereocenters. The van der Waals surface area contributed by atoms with Crippen LogP contribution in [0, 0.1) is 5.92 Å². The van der Waals surface area contributed by atoms with Gasteiger partial charge >= 0.3 is 0 Å². The van der Waals surface area contributed by atoms with Gasteiger partial charge in [-0.15, -0.1) is 0 Å². The highest BCUT2D eigenvalue weighted by Crippen LogP contribution is 2.20.